The second-order valence-corrected chi connectivity index (χ2v) is 3.73. The van der Waals surface area contributed by atoms with Crippen molar-refractivity contribution in [2.45, 2.75) is 45.3 Å². The predicted octanol–water partition coefficient (Wildman–Crippen LogP) is 1.80. The minimum Gasteiger partial charge on any atom is -0.377 e. The Labute approximate surface area is 75.7 Å². The van der Waals surface area contributed by atoms with Gasteiger partial charge < -0.3 is 10.1 Å². The molecule has 1 fully saturated rings. The summed E-state index contributed by atoms with van der Waals surface area (Å²) in [5.74, 6) is 0.977. The fourth-order valence-electron chi connectivity index (χ4n) is 1.64. The lowest BCUT2D eigenvalue weighted by Gasteiger charge is -2.23. The molecule has 0 heterocycles. The van der Waals surface area contributed by atoms with E-state index in [1.54, 1.807) is 0 Å². The summed E-state index contributed by atoms with van der Waals surface area (Å²) in [6.45, 7) is 5.04. The van der Waals surface area contributed by atoms with Gasteiger partial charge in [0.2, 0.25) is 0 Å². The first-order chi connectivity index (χ1) is 5.77. The molecule has 1 saturated carbocycles. The number of hydrogen-bond donors (Lipinski definition) is 1. The fraction of sp³-hybridized carbons (Fsp3) is 1.00. The Morgan fingerprint density at radius 1 is 1.50 bits per heavy atom. The van der Waals surface area contributed by atoms with Crippen molar-refractivity contribution in [3.05, 3.63) is 0 Å². The topological polar surface area (TPSA) is 21.3 Å². The van der Waals surface area contributed by atoms with Gasteiger partial charge in [-0.3, -0.25) is 0 Å². The Morgan fingerprint density at radius 3 is 2.58 bits per heavy atom. The normalized spacial score (nSPS) is 22.2. The van der Waals surface area contributed by atoms with Crippen LogP contribution in [0, 0.1) is 5.92 Å². The molecule has 12 heavy (non-hydrogen) atoms. The zero-order valence-electron chi connectivity index (χ0n) is 8.47. The third kappa shape index (κ3) is 3.11. The molecule has 0 amide bonds. The van der Waals surface area contributed by atoms with Crippen LogP contribution in [0.1, 0.15) is 33.1 Å². The molecule has 2 unspecified atom stereocenters. The van der Waals surface area contributed by atoms with Crippen LogP contribution in [0.3, 0.4) is 0 Å². The van der Waals surface area contributed by atoms with Crippen molar-refractivity contribution < 1.29 is 4.74 Å². The summed E-state index contributed by atoms with van der Waals surface area (Å²) in [5.41, 5.74) is 0. The monoisotopic (exact) mass is 171 g/mol. The first-order valence-corrected chi connectivity index (χ1v) is 5.06. The fourth-order valence-corrected chi connectivity index (χ4v) is 1.64. The van der Waals surface area contributed by atoms with Gasteiger partial charge in [-0.05, 0) is 33.2 Å². The average molecular weight is 171 g/mol. The lowest BCUT2D eigenvalue weighted by Crippen LogP contribution is -2.37. The maximum atomic E-state index is 5.56. The second-order valence-electron chi connectivity index (χ2n) is 3.73. The quantitative estimate of drug-likeness (QED) is 0.658. The molecular formula is C10H21NO. The van der Waals surface area contributed by atoms with Crippen LogP contribution in [0.4, 0.5) is 0 Å². The number of hydrogen-bond acceptors (Lipinski definition) is 2. The van der Waals surface area contributed by atoms with E-state index in [0.717, 1.165) is 12.5 Å². The van der Waals surface area contributed by atoms with E-state index in [1.165, 1.54) is 19.3 Å². The van der Waals surface area contributed by atoms with Crippen LogP contribution in [0.2, 0.25) is 0 Å². The van der Waals surface area contributed by atoms with E-state index in [1.807, 2.05) is 7.05 Å². The van der Waals surface area contributed by atoms with Crippen LogP contribution in [0.15, 0.2) is 0 Å². The van der Waals surface area contributed by atoms with Gasteiger partial charge in [-0.1, -0.05) is 12.8 Å². The summed E-state index contributed by atoms with van der Waals surface area (Å²) in [6, 6.07) is 0.553. The zero-order valence-corrected chi connectivity index (χ0v) is 8.47. The number of nitrogens with one attached hydrogen (secondary N) is 1. The van der Waals surface area contributed by atoms with Crippen LogP contribution in [-0.4, -0.2) is 25.8 Å². The summed E-state index contributed by atoms with van der Waals surface area (Å²) in [7, 11) is 2.03. The SMILES string of the molecule is CCOC(C)C(CC1CC1)NC. The molecule has 1 rings (SSSR count). The molecule has 0 aromatic heterocycles. The molecule has 1 aliphatic rings. The van der Waals surface area contributed by atoms with Crippen LogP contribution < -0.4 is 5.32 Å². The van der Waals surface area contributed by atoms with Gasteiger partial charge in [0.1, 0.15) is 0 Å². The summed E-state index contributed by atoms with van der Waals surface area (Å²) in [6.07, 6.45) is 4.51. The zero-order chi connectivity index (χ0) is 8.97. The van der Waals surface area contributed by atoms with Crippen LogP contribution in [0.5, 0.6) is 0 Å². The Balaban J connectivity index is 2.21. The molecular weight excluding hydrogens is 150 g/mol. The van der Waals surface area contributed by atoms with Gasteiger partial charge in [0.25, 0.3) is 0 Å². The number of likely N-dealkylation sites (N-methyl/N-ethyl adjacent to an activating group) is 1. The molecule has 72 valence electrons. The van der Waals surface area contributed by atoms with E-state index in [4.69, 9.17) is 4.74 Å². The van der Waals surface area contributed by atoms with E-state index in [-0.39, 0.29) is 0 Å². The van der Waals surface area contributed by atoms with Gasteiger partial charge in [0.15, 0.2) is 0 Å². The van der Waals surface area contributed by atoms with Gasteiger partial charge in [-0.2, -0.15) is 0 Å². The third-order valence-electron chi connectivity index (χ3n) is 2.65. The van der Waals surface area contributed by atoms with Crippen molar-refractivity contribution in [3.8, 4) is 0 Å². The molecule has 1 aliphatic carbocycles. The molecule has 0 radical (unpaired) electrons. The smallest absolute Gasteiger partial charge is 0.0699 e. The number of rotatable bonds is 6. The van der Waals surface area contributed by atoms with Gasteiger partial charge in [0.05, 0.1) is 6.10 Å². The van der Waals surface area contributed by atoms with E-state index in [2.05, 4.69) is 19.2 Å². The molecule has 0 aromatic rings. The van der Waals surface area contributed by atoms with Crippen molar-refractivity contribution in [1.82, 2.24) is 5.32 Å². The minimum atomic E-state index is 0.362. The Hall–Kier alpha value is -0.0800. The lowest BCUT2D eigenvalue weighted by molar-refractivity contribution is 0.0458. The summed E-state index contributed by atoms with van der Waals surface area (Å²) >= 11 is 0. The van der Waals surface area contributed by atoms with E-state index in [0.29, 0.717) is 12.1 Å². The highest BCUT2D eigenvalue weighted by molar-refractivity contribution is 4.82. The minimum absolute atomic E-state index is 0.362. The second kappa shape index (κ2) is 4.83. The molecule has 0 aliphatic heterocycles. The molecule has 2 nitrogen and oxygen atoms in total. The van der Waals surface area contributed by atoms with Gasteiger partial charge in [-0.15, -0.1) is 0 Å². The first kappa shape index (κ1) is 10.0. The molecule has 2 atom stereocenters. The Morgan fingerprint density at radius 2 is 2.17 bits per heavy atom. The van der Waals surface area contributed by atoms with Crippen LogP contribution in [0.25, 0.3) is 0 Å². The van der Waals surface area contributed by atoms with Gasteiger partial charge >= 0.3 is 0 Å². The average Bonchev–Trinajstić information content (AvgIpc) is 2.84. The van der Waals surface area contributed by atoms with Crippen LogP contribution in [-0.2, 0) is 4.74 Å². The van der Waals surface area contributed by atoms with Crippen molar-refractivity contribution in [1.29, 1.82) is 0 Å². The summed E-state index contributed by atoms with van der Waals surface area (Å²) in [5, 5.41) is 3.33. The van der Waals surface area contributed by atoms with Crippen molar-refractivity contribution in [3.63, 3.8) is 0 Å². The maximum Gasteiger partial charge on any atom is 0.0699 e. The van der Waals surface area contributed by atoms with Crippen molar-refractivity contribution >= 4 is 0 Å². The van der Waals surface area contributed by atoms with Crippen LogP contribution >= 0.6 is 0 Å². The lowest BCUT2D eigenvalue weighted by atomic mass is 10.1. The van der Waals surface area contributed by atoms with Gasteiger partial charge in [0, 0.05) is 12.6 Å². The molecule has 2 heteroatoms. The highest BCUT2D eigenvalue weighted by atomic mass is 16.5. The largest absolute Gasteiger partial charge is 0.377 e. The third-order valence-corrected chi connectivity index (χ3v) is 2.65. The predicted molar refractivity (Wildman–Crippen MR) is 51.3 cm³/mol. The van der Waals surface area contributed by atoms with E-state index >= 15 is 0 Å². The maximum absolute atomic E-state index is 5.56. The highest BCUT2D eigenvalue weighted by Gasteiger charge is 2.27. The number of ether oxygens (including phenoxy) is 1. The molecule has 0 spiro atoms. The Bertz CT molecular complexity index is 123. The first-order valence-electron chi connectivity index (χ1n) is 5.06. The van der Waals surface area contributed by atoms with E-state index in [9.17, 15) is 0 Å². The standard InChI is InChI=1S/C10H21NO/c1-4-12-8(2)10(11-3)7-9-5-6-9/h8-11H,4-7H2,1-3H3. The molecule has 0 aromatic carbocycles. The van der Waals surface area contributed by atoms with Crippen molar-refractivity contribution in [2.24, 2.45) is 5.92 Å². The molecule has 1 N–H and O–H groups in total. The van der Waals surface area contributed by atoms with Gasteiger partial charge in [-0.25, -0.2) is 0 Å². The van der Waals surface area contributed by atoms with Crippen molar-refractivity contribution in [2.75, 3.05) is 13.7 Å². The molecule has 0 saturated heterocycles. The highest BCUT2D eigenvalue weighted by Crippen LogP contribution is 2.34. The van der Waals surface area contributed by atoms with E-state index < -0.39 is 0 Å². The summed E-state index contributed by atoms with van der Waals surface area (Å²) in [4.78, 5) is 0. The Kier molecular flexibility index (Phi) is 4.02. The summed E-state index contributed by atoms with van der Waals surface area (Å²) < 4.78 is 5.56. The molecule has 0 bridgehead atoms.